The molecule has 37 heavy (non-hydrogen) atoms. The Kier molecular flexibility index (Phi) is 8.19. The van der Waals surface area contributed by atoms with Crippen LogP contribution in [-0.2, 0) is 0 Å². The normalized spacial score (nSPS) is 10.6. The van der Waals surface area contributed by atoms with E-state index in [9.17, 15) is 14.4 Å². The van der Waals surface area contributed by atoms with Crippen molar-refractivity contribution in [1.82, 2.24) is 15.4 Å². The fourth-order valence-corrected chi connectivity index (χ4v) is 3.16. The highest BCUT2D eigenvalue weighted by molar-refractivity contribution is 6.31. The van der Waals surface area contributed by atoms with Crippen molar-refractivity contribution >= 4 is 47.3 Å². The quantitative estimate of drug-likeness (QED) is 0.153. The van der Waals surface area contributed by atoms with Gasteiger partial charge in [0.2, 0.25) is 0 Å². The van der Waals surface area contributed by atoms with Gasteiger partial charge in [-0.25, -0.2) is 20.0 Å². The molecule has 3 aromatic carbocycles. The third-order valence-electron chi connectivity index (χ3n) is 4.72. The average molecular weight is 535 g/mol. The lowest BCUT2D eigenvalue weighted by Crippen LogP contribution is -2.19. The number of nitrogens with zero attached hydrogens (tertiary/aromatic N) is 3. The SMILES string of the molecule is O=C(Oc1ccc(/C=N\NC(=O)c2cnccn2)c(OC(=O)c2ccc(Cl)cc2)c1)c1ccc(Cl)cc1. The number of aromatic nitrogens is 2. The van der Waals surface area contributed by atoms with Gasteiger partial charge in [0.05, 0.1) is 23.5 Å². The lowest BCUT2D eigenvalue weighted by atomic mass is 10.2. The van der Waals surface area contributed by atoms with E-state index in [1.165, 1.54) is 67.3 Å². The number of carbonyl (C=O) groups excluding carboxylic acids is 3. The van der Waals surface area contributed by atoms with Crippen molar-refractivity contribution in [3.05, 3.63) is 118 Å². The van der Waals surface area contributed by atoms with Crippen LogP contribution in [-0.4, -0.2) is 34.0 Å². The molecule has 0 saturated carbocycles. The lowest BCUT2D eigenvalue weighted by Gasteiger charge is -2.11. The van der Waals surface area contributed by atoms with Gasteiger partial charge in [-0.15, -0.1) is 0 Å². The predicted molar refractivity (Wildman–Crippen MR) is 136 cm³/mol. The molecule has 0 aliphatic heterocycles. The zero-order valence-corrected chi connectivity index (χ0v) is 20.3. The molecule has 1 heterocycles. The molecular formula is C26H16Cl2N4O5. The maximum absolute atomic E-state index is 12.7. The van der Waals surface area contributed by atoms with Gasteiger partial charge in [-0.1, -0.05) is 23.2 Å². The van der Waals surface area contributed by atoms with Gasteiger partial charge in [-0.05, 0) is 60.7 Å². The standard InChI is InChI=1S/C26H16Cl2N4O5/c27-19-6-1-16(2-7-19)25(34)36-21-10-5-18(14-31-32-24(33)22-15-29-11-12-30-22)23(13-21)37-26(35)17-3-8-20(28)9-4-17/h1-15H,(H,32,33)/b31-14-. The molecule has 1 aromatic heterocycles. The van der Waals surface area contributed by atoms with Crippen molar-refractivity contribution in [3.63, 3.8) is 0 Å². The number of esters is 2. The van der Waals surface area contributed by atoms with E-state index in [1.807, 2.05) is 0 Å². The number of carbonyl (C=O) groups is 3. The molecular weight excluding hydrogens is 519 g/mol. The summed E-state index contributed by atoms with van der Waals surface area (Å²) in [6.07, 6.45) is 5.36. The van der Waals surface area contributed by atoms with Crippen molar-refractivity contribution in [2.75, 3.05) is 0 Å². The van der Waals surface area contributed by atoms with E-state index in [0.29, 0.717) is 15.6 Å². The smallest absolute Gasteiger partial charge is 0.343 e. The summed E-state index contributed by atoms with van der Waals surface area (Å²) in [4.78, 5) is 45.1. The molecule has 0 spiro atoms. The maximum atomic E-state index is 12.7. The molecule has 9 nitrogen and oxygen atoms in total. The van der Waals surface area contributed by atoms with Crippen molar-refractivity contribution < 1.29 is 23.9 Å². The van der Waals surface area contributed by atoms with Gasteiger partial charge in [0.1, 0.15) is 17.2 Å². The largest absolute Gasteiger partial charge is 0.423 e. The van der Waals surface area contributed by atoms with E-state index in [1.54, 1.807) is 24.3 Å². The van der Waals surface area contributed by atoms with Crippen LogP contribution in [0.25, 0.3) is 0 Å². The minimum atomic E-state index is -0.684. The summed E-state index contributed by atoms with van der Waals surface area (Å²) in [5.41, 5.74) is 3.22. The molecule has 1 N–H and O–H groups in total. The molecule has 184 valence electrons. The minimum Gasteiger partial charge on any atom is -0.423 e. The van der Waals surface area contributed by atoms with Gasteiger partial charge in [-0.3, -0.25) is 9.78 Å². The fraction of sp³-hybridized carbons (Fsp3) is 0. The Morgan fingerprint density at radius 2 is 1.43 bits per heavy atom. The second kappa shape index (κ2) is 11.9. The van der Waals surface area contributed by atoms with Crippen LogP contribution in [0.15, 0.2) is 90.4 Å². The Balaban J connectivity index is 1.56. The van der Waals surface area contributed by atoms with Crippen LogP contribution < -0.4 is 14.9 Å². The summed E-state index contributed by atoms with van der Waals surface area (Å²) in [6, 6.07) is 16.6. The number of ether oxygens (including phenoxy) is 2. The van der Waals surface area contributed by atoms with Gasteiger partial charge in [-0.2, -0.15) is 5.10 Å². The molecule has 0 atom stereocenters. The molecule has 0 aliphatic rings. The highest BCUT2D eigenvalue weighted by Crippen LogP contribution is 2.26. The van der Waals surface area contributed by atoms with Crippen LogP contribution in [0.1, 0.15) is 36.8 Å². The van der Waals surface area contributed by atoms with Crippen molar-refractivity contribution in [2.45, 2.75) is 0 Å². The predicted octanol–water partition coefficient (Wildman–Crippen LogP) is 4.99. The summed E-state index contributed by atoms with van der Waals surface area (Å²) in [7, 11) is 0. The van der Waals surface area contributed by atoms with Crippen molar-refractivity contribution in [1.29, 1.82) is 0 Å². The molecule has 1 amide bonds. The Labute approximate surface area is 220 Å². The number of nitrogens with one attached hydrogen (secondary N) is 1. The molecule has 4 rings (SSSR count). The highest BCUT2D eigenvalue weighted by atomic mass is 35.5. The number of benzene rings is 3. The first-order chi connectivity index (χ1) is 17.9. The highest BCUT2D eigenvalue weighted by Gasteiger charge is 2.15. The van der Waals surface area contributed by atoms with Crippen LogP contribution in [0.2, 0.25) is 10.0 Å². The van der Waals surface area contributed by atoms with E-state index < -0.39 is 17.8 Å². The van der Waals surface area contributed by atoms with E-state index in [4.69, 9.17) is 32.7 Å². The first kappa shape index (κ1) is 25.5. The van der Waals surface area contributed by atoms with Crippen LogP contribution in [0.3, 0.4) is 0 Å². The number of amides is 1. The van der Waals surface area contributed by atoms with Crippen molar-refractivity contribution in [3.8, 4) is 11.5 Å². The second-order valence-electron chi connectivity index (χ2n) is 7.28. The number of hydrazone groups is 1. The molecule has 11 heteroatoms. The number of hydrogen-bond acceptors (Lipinski definition) is 8. The minimum absolute atomic E-state index is 0.0267. The molecule has 0 fully saturated rings. The molecule has 4 aromatic rings. The summed E-state index contributed by atoms with van der Waals surface area (Å²) < 4.78 is 11.0. The van der Waals surface area contributed by atoms with E-state index in [-0.39, 0.29) is 28.3 Å². The summed E-state index contributed by atoms with van der Waals surface area (Å²) in [5, 5.41) is 4.83. The zero-order chi connectivity index (χ0) is 26.2. The Morgan fingerprint density at radius 3 is 2.03 bits per heavy atom. The fourth-order valence-electron chi connectivity index (χ4n) is 2.90. The van der Waals surface area contributed by atoms with Crippen LogP contribution in [0.5, 0.6) is 11.5 Å². The van der Waals surface area contributed by atoms with Crippen LogP contribution in [0.4, 0.5) is 0 Å². The third kappa shape index (κ3) is 6.97. The van der Waals surface area contributed by atoms with Gasteiger partial charge >= 0.3 is 11.9 Å². The van der Waals surface area contributed by atoms with Gasteiger partial charge in [0.15, 0.2) is 0 Å². The first-order valence-electron chi connectivity index (χ1n) is 10.6. The first-order valence-corrected chi connectivity index (χ1v) is 11.3. The Bertz CT molecular complexity index is 1460. The maximum Gasteiger partial charge on any atom is 0.343 e. The number of rotatable bonds is 7. The third-order valence-corrected chi connectivity index (χ3v) is 5.23. The average Bonchev–Trinajstić information content (AvgIpc) is 2.91. The van der Waals surface area contributed by atoms with Crippen LogP contribution >= 0.6 is 23.2 Å². The number of halogens is 2. The van der Waals surface area contributed by atoms with Crippen LogP contribution in [0, 0.1) is 0 Å². The summed E-state index contributed by atoms with van der Waals surface area (Å²) in [6.45, 7) is 0. The van der Waals surface area contributed by atoms with E-state index in [2.05, 4.69) is 20.5 Å². The summed E-state index contributed by atoms with van der Waals surface area (Å²) in [5.74, 6) is -1.77. The zero-order valence-electron chi connectivity index (χ0n) is 18.8. The van der Waals surface area contributed by atoms with Gasteiger partial charge in [0, 0.05) is 34.1 Å². The Morgan fingerprint density at radius 1 is 0.811 bits per heavy atom. The van der Waals surface area contributed by atoms with E-state index in [0.717, 1.165) is 0 Å². The Hall–Kier alpha value is -4.60. The molecule has 0 unspecified atom stereocenters. The monoisotopic (exact) mass is 534 g/mol. The van der Waals surface area contributed by atoms with Gasteiger partial charge < -0.3 is 9.47 Å². The molecule has 0 bridgehead atoms. The second-order valence-corrected chi connectivity index (χ2v) is 8.16. The van der Waals surface area contributed by atoms with Gasteiger partial charge in [0.25, 0.3) is 5.91 Å². The van der Waals surface area contributed by atoms with E-state index >= 15 is 0 Å². The molecule has 0 radical (unpaired) electrons. The van der Waals surface area contributed by atoms with Crippen molar-refractivity contribution in [2.24, 2.45) is 5.10 Å². The molecule has 0 aliphatic carbocycles. The summed E-state index contributed by atoms with van der Waals surface area (Å²) >= 11 is 11.8. The number of hydrogen-bond donors (Lipinski definition) is 1. The topological polar surface area (TPSA) is 120 Å². The lowest BCUT2D eigenvalue weighted by molar-refractivity contribution is 0.0732. The molecule has 0 saturated heterocycles.